The van der Waals surface area contributed by atoms with Crippen LogP contribution in [0, 0.1) is 17.3 Å². The SMILES string of the molecule is CCCCCCCCCCCCC(O)OC12CC(C)CCC1C2(C)C. The monoisotopic (exact) mass is 352 g/mol. The van der Waals surface area contributed by atoms with Gasteiger partial charge in [0.25, 0.3) is 0 Å². The maximum absolute atomic E-state index is 10.4. The Kier molecular flexibility index (Phi) is 8.27. The van der Waals surface area contributed by atoms with Crippen LogP contribution in [0.2, 0.25) is 0 Å². The van der Waals surface area contributed by atoms with Gasteiger partial charge in [-0.25, -0.2) is 0 Å². The number of hydrogen-bond donors (Lipinski definition) is 1. The minimum atomic E-state index is -0.552. The zero-order valence-corrected chi connectivity index (χ0v) is 17.5. The van der Waals surface area contributed by atoms with E-state index in [0.717, 1.165) is 25.2 Å². The number of aliphatic hydroxyl groups excluding tert-OH is 1. The van der Waals surface area contributed by atoms with E-state index in [9.17, 15) is 5.11 Å². The Balaban J connectivity index is 1.52. The average Bonchev–Trinajstić information content (AvgIpc) is 3.02. The molecular formula is C23H44O2. The van der Waals surface area contributed by atoms with Gasteiger partial charge in [0.2, 0.25) is 0 Å². The lowest BCUT2D eigenvalue weighted by atomic mass is 9.88. The van der Waals surface area contributed by atoms with Crippen molar-refractivity contribution in [3.05, 3.63) is 0 Å². The van der Waals surface area contributed by atoms with E-state index in [-0.39, 0.29) is 11.0 Å². The molecule has 0 spiro atoms. The van der Waals surface area contributed by atoms with Gasteiger partial charge in [0.15, 0.2) is 6.29 Å². The molecule has 0 aliphatic heterocycles. The zero-order chi connectivity index (χ0) is 18.3. The maximum atomic E-state index is 10.4. The van der Waals surface area contributed by atoms with E-state index < -0.39 is 6.29 Å². The van der Waals surface area contributed by atoms with E-state index in [2.05, 4.69) is 27.7 Å². The van der Waals surface area contributed by atoms with Crippen molar-refractivity contribution in [1.29, 1.82) is 0 Å². The molecule has 0 saturated heterocycles. The Hall–Kier alpha value is -0.0800. The second kappa shape index (κ2) is 9.74. The summed E-state index contributed by atoms with van der Waals surface area (Å²) in [6.07, 6.45) is 17.4. The van der Waals surface area contributed by atoms with Gasteiger partial charge in [0.1, 0.15) is 0 Å². The first-order valence-electron chi connectivity index (χ1n) is 11.3. The third-order valence-corrected chi connectivity index (χ3v) is 7.19. The van der Waals surface area contributed by atoms with Crippen molar-refractivity contribution in [3.8, 4) is 0 Å². The lowest BCUT2D eigenvalue weighted by Gasteiger charge is -2.30. The standard InChI is InChI=1S/C23H44O2/c1-5-6-7-8-9-10-11-12-13-14-15-21(24)25-23-18-19(2)16-17-20(23)22(23,3)4/h19-21,24H,5-18H2,1-4H3. The Labute approximate surface area is 157 Å². The summed E-state index contributed by atoms with van der Waals surface area (Å²) in [7, 11) is 0. The third-order valence-electron chi connectivity index (χ3n) is 7.19. The van der Waals surface area contributed by atoms with Crippen LogP contribution in [0.25, 0.3) is 0 Å². The van der Waals surface area contributed by atoms with Gasteiger partial charge < -0.3 is 9.84 Å². The summed E-state index contributed by atoms with van der Waals surface area (Å²) >= 11 is 0. The molecule has 2 aliphatic rings. The maximum Gasteiger partial charge on any atom is 0.155 e. The molecule has 0 aromatic rings. The fourth-order valence-electron chi connectivity index (χ4n) is 5.38. The highest BCUT2D eigenvalue weighted by molar-refractivity contribution is 5.22. The molecule has 2 aliphatic carbocycles. The first-order chi connectivity index (χ1) is 11.9. The van der Waals surface area contributed by atoms with Crippen LogP contribution in [-0.2, 0) is 4.74 Å². The molecule has 0 aromatic heterocycles. The van der Waals surface area contributed by atoms with Crippen molar-refractivity contribution in [1.82, 2.24) is 0 Å². The third kappa shape index (κ3) is 5.45. The van der Waals surface area contributed by atoms with E-state index in [4.69, 9.17) is 4.74 Å². The second-order valence-electron chi connectivity index (χ2n) is 9.59. The van der Waals surface area contributed by atoms with Gasteiger partial charge in [-0.2, -0.15) is 0 Å². The first-order valence-corrected chi connectivity index (χ1v) is 11.3. The lowest BCUT2D eigenvalue weighted by Crippen LogP contribution is -2.32. The fourth-order valence-corrected chi connectivity index (χ4v) is 5.38. The fraction of sp³-hybridized carbons (Fsp3) is 1.00. The van der Waals surface area contributed by atoms with E-state index in [0.29, 0.717) is 5.92 Å². The largest absolute Gasteiger partial charge is 0.368 e. The van der Waals surface area contributed by atoms with Gasteiger partial charge in [0, 0.05) is 0 Å². The lowest BCUT2D eigenvalue weighted by molar-refractivity contribution is -0.174. The van der Waals surface area contributed by atoms with Crippen LogP contribution in [0.3, 0.4) is 0 Å². The average molecular weight is 353 g/mol. The van der Waals surface area contributed by atoms with Crippen molar-refractivity contribution in [2.45, 2.75) is 129 Å². The van der Waals surface area contributed by atoms with Crippen molar-refractivity contribution in [3.63, 3.8) is 0 Å². The van der Waals surface area contributed by atoms with E-state index in [1.54, 1.807) is 0 Å². The van der Waals surface area contributed by atoms with Crippen LogP contribution in [0.15, 0.2) is 0 Å². The zero-order valence-electron chi connectivity index (χ0n) is 17.5. The number of unbranched alkanes of at least 4 members (excludes halogenated alkanes) is 9. The van der Waals surface area contributed by atoms with Gasteiger partial charge in [-0.3, -0.25) is 0 Å². The second-order valence-corrected chi connectivity index (χ2v) is 9.59. The Morgan fingerprint density at radius 2 is 1.48 bits per heavy atom. The molecule has 148 valence electrons. The van der Waals surface area contributed by atoms with Gasteiger partial charge in [-0.15, -0.1) is 0 Å². The number of hydrogen-bond acceptors (Lipinski definition) is 2. The molecule has 0 aromatic carbocycles. The van der Waals surface area contributed by atoms with E-state index in [1.807, 2.05) is 0 Å². The summed E-state index contributed by atoms with van der Waals surface area (Å²) in [5.74, 6) is 1.40. The van der Waals surface area contributed by atoms with Crippen molar-refractivity contribution in [2.24, 2.45) is 17.3 Å². The normalized spacial score (nSPS) is 31.6. The Morgan fingerprint density at radius 1 is 0.920 bits per heavy atom. The number of fused-ring (bicyclic) bond motifs is 1. The summed E-state index contributed by atoms with van der Waals surface area (Å²) in [5, 5.41) is 10.4. The molecule has 0 amide bonds. The highest BCUT2D eigenvalue weighted by Gasteiger charge is 2.73. The first kappa shape index (κ1) is 21.2. The van der Waals surface area contributed by atoms with Crippen LogP contribution in [0.5, 0.6) is 0 Å². The quantitative estimate of drug-likeness (QED) is 0.290. The summed E-state index contributed by atoms with van der Waals surface area (Å²) in [4.78, 5) is 0. The molecule has 0 heterocycles. The molecule has 25 heavy (non-hydrogen) atoms. The van der Waals surface area contributed by atoms with E-state index in [1.165, 1.54) is 70.6 Å². The number of ether oxygens (including phenoxy) is 1. The van der Waals surface area contributed by atoms with Gasteiger partial charge in [-0.1, -0.05) is 91.9 Å². The highest BCUT2D eigenvalue weighted by Crippen LogP contribution is 2.71. The summed E-state index contributed by atoms with van der Waals surface area (Å²) in [6.45, 7) is 9.28. The predicted octanol–water partition coefficient (Wildman–Crippen LogP) is 6.85. The van der Waals surface area contributed by atoms with Crippen LogP contribution in [0.4, 0.5) is 0 Å². The van der Waals surface area contributed by atoms with Crippen molar-refractivity contribution < 1.29 is 9.84 Å². The number of rotatable bonds is 13. The summed E-state index contributed by atoms with van der Waals surface area (Å²) in [6, 6.07) is 0. The molecule has 1 N–H and O–H groups in total. The van der Waals surface area contributed by atoms with Crippen LogP contribution in [-0.4, -0.2) is 17.0 Å². The number of aliphatic hydroxyl groups is 1. The van der Waals surface area contributed by atoms with Gasteiger partial charge in [-0.05, 0) is 42.9 Å². The van der Waals surface area contributed by atoms with Gasteiger partial charge >= 0.3 is 0 Å². The summed E-state index contributed by atoms with van der Waals surface area (Å²) < 4.78 is 6.28. The molecule has 0 bridgehead atoms. The molecule has 4 unspecified atom stereocenters. The van der Waals surface area contributed by atoms with Crippen LogP contribution in [0.1, 0.15) is 118 Å². The Morgan fingerprint density at radius 3 is 2.08 bits per heavy atom. The van der Waals surface area contributed by atoms with Crippen molar-refractivity contribution in [2.75, 3.05) is 0 Å². The topological polar surface area (TPSA) is 29.5 Å². The molecule has 2 fully saturated rings. The molecular weight excluding hydrogens is 308 g/mol. The molecule has 2 rings (SSSR count). The minimum absolute atomic E-state index is 0.0252. The van der Waals surface area contributed by atoms with Gasteiger partial charge in [0.05, 0.1) is 5.60 Å². The van der Waals surface area contributed by atoms with E-state index >= 15 is 0 Å². The molecule has 2 heteroatoms. The minimum Gasteiger partial charge on any atom is -0.368 e. The smallest absolute Gasteiger partial charge is 0.155 e. The molecule has 4 atom stereocenters. The highest BCUT2D eigenvalue weighted by atomic mass is 16.6. The van der Waals surface area contributed by atoms with Crippen molar-refractivity contribution >= 4 is 0 Å². The predicted molar refractivity (Wildman–Crippen MR) is 107 cm³/mol. The Bertz CT molecular complexity index is 378. The van der Waals surface area contributed by atoms with Crippen LogP contribution < -0.4 is 0 Å². The molecule has 2 nitrogen and oxygen atoms in total. The summed E-state index contributed by atoms with van der Waals surface area (Å²) in [5.41, 5.74) is 0.235. The van der Waals surface area contributed by atoms with Crippen LogP contribution >= 0.6 is 0 Å². The molecule has 2 saturated carbocycles. The molecule has 0 radical (unpaired) electrons.